The summed E-state index contributed by atoms with van der Waals surface area (Å²) in [6, 6.07) is 3.84. The van der Waals surface area contributed by atoms with Crippen molar-refractivity contribution in [1.82, 2.24) is 25.0 Å². The molecule has 2 fully saturated rings. The first-order chi connectivity index (χ1) is 13.6. The normalized spacial score (nSPS) is 19.6. The fourth-order valence-electron chi connectivity index (χ4n) is 3.86. The highest BCUT2D eigenvalue weighted by Crippen LogP contribution is 2.14. The minimum absolute atomic E-state index is 0.0421. The Labute approximate surface area is 167 Å². The van der Waals surface area contributed by atoms with Gasteiger partial charge in [-0.25, -0.2) is 4.98 Å². The Balaban J connectivity index is 1.49. The molecule has 1 atom stereocenters. The van der Waals surface area contributed by atoms with E-state index in [0.717, 1.165) is 63.6 Å². The number of aromatic nitrogens is 1. The summed E-state index contributed by atoms with van der Waals surface area (Å²) in [6.07, 6.45) is 4.02. The first-order valence-electron chi connectivity index (χ1n) is 10.1. The lowest BCUT2D eigenvalue weighted by Crippen LogP contribution is -2.57. The van der Waals surface area contributed by atoms with E-state index in [0.29, 0.717) is 12.4 Å². The number of nitrogens with zero attached hydrogens (tertiary/aromatic N) is 5. The number of nitrogens with one attached hydrogen (secondary N) is 1. The maximum Gasteiger partial charge on any atom is 0.239 e. The van der Waals surface area contributed by atoms with E-state index in [9.17, 15) is 4.79 Å². The summed E-state index contributed by atoms with van der Waals surface area (Å²) in [5, 5.41) is 3.42. The Morgan fingerprint density at radius 2 is 1.93 bits per heavy atom. The summed E-state index contributed by atoms with van der Waals surface area (Å²) in [7, 11) is 3.43. The average molecular weight is 389 g/mol. The van der Waals surface area contributed by atoms with Crippen LogP contribution in [0.2, 0.25) is 0 Å². The average Bonchev–Trinajstić information content (AvgIpc) is 3.28. The largest absolute Gasteiger partial charge is 0.481 e. The van der Waals surface area contributed by atoms with Crippen molar-refractivity contribution >= 4 is 11.9 Å². The third-order valence-corrected chi connectivity index (χ3v) is 5.61. The van der Waals surface area contributed by atoms with Crippen molar-refractivity contribution < 1.29 is 9.53 Å². The summed E-state index contributed by atoms with van der Waals surface area (Å²) in [5.41, 5.74) is 1.09. The molecule has 1 aromatic heterocycles. The minimum atomic E-state index is -0.0421. The minimum Gasteiger partial charge on any atom is -0.481 e. The number of hydrogen-bond acceptors (Lipinski definition) is 5. The van der Waals surface area contributed by atoms with Gasteiger partial charge in [0.05, 0.1) is 13.2 Å². The Morgan fingerprint density at radius 3 is 2.57 bits per heavy atom. The fraction of sp³-hybridized carbons (Fsp3) is 0.650. The second-order valence-corrected chi connectivity index (χ2v) is 7.34. The highest BCUT2D eigenvalue weighted by molar-refractivity contribution is 5.82. The fourth-order valence-corrected chi connectivity index (χ4v) is 3.86. The van der Waals surface area contributed by atoms with Gasteiger partial charge in [0, 0.05) is 65.1 Å². The maximum atomic E-state index is 12.6. The van der Waals surface area contributed by atoms with Crippen molar-refractivity contribution in [3.05, 3.63) is 23.9 Å². The smallest absolute Gasteiger partial charge is 0.239 e. The number of pyridine rings is 1. The van der Waals surface area contributed by atoms with Gasteiger partial charge in [0.1, 0.15) is 0 Å². The molecule has 0 aromatic carbocycles. The molecule has 0 radical (unpaired) electrons. The van der Waals surface area contributed by atoms with Gasteiger partial charge in [0.2, 0.25) is 11.8 Å². The molecule has 0 aliphatic carbocycles. The molecule has 28 heavy (non-hydrogen) atoms. The van der Waals surface area contributed by atoms with E-state index in [4.69, 9.17) is 4.74 Å². The van der Waals surface area contributed by atoms with Gasteiger partial charge in [0.15, 0.2) is 5.96 Å². The predicted octanol–water partition coefficient (Wildman–Crippen LogP) is 0.794. The Hall–Kier alpha value is -2.35. The second kappa shape index (κ2) is 9.73. The van der Waals surface area contributed by atoms with Gasteiger partial charge < -0.3 is 19.9 Å². The second-order valence-electron chi connectivity index (χ2n) is 7.34. The molecule has 1 N–H and O–H groups in total. The van der Waals surface area contributed by atoms with E-state index < -0.39 is 0 Å². The summed E-state index contributed by atoms with van der Waals surface area (Å²) in [5.74, 6) is 1.77. The van der Waals surface area contributed by atoms with Gasteiger partial charge in [0.25, 0.3) is 0 Å². The Kier molecular flexibility index (Phi) is 7.08. The number of methoxy groups -OCH3 is 1. The number of carbonyl (C=O) groups excluding carboxylic acids is 1. The summed E-state index contributed by atoms with van der Waals surface area (Å²) < 4.78 is 5.18. The molecule has 2 aliphatic heterocycles. The van der Waals surface area contributed by atoms with Gasteiger partial charge in [-0.2, -0.15) is 0 Å². The van der Waals surface area contributed by atoms with Crippen LogP contribution in [0.15, 0.2) is 23.3 Å². The number of guanidine groups is 1. The van der Waals surface area contributed by atoms with E-state index in [1.54, 1.807) is 20.4 Å². The van der Waals surface area contributed by atoms with Gasteiger partial charge in [-0.1, -0.05) is 0 Å². The zero-order valence-corrected chi connectivity index (χ0v) is 17.2. The van der Waals surface area contributed by atoms with E-state index >= 15 is 0 Å². The third kappa shape index (κ3) is 4.92. The molecular formula is C20H32N6O2. The highest BCUT2D eigenvalue weighted by atomic mass is 16.5. The van der Waals surface area contributed by atoms with Crippen molar-refractivity contribution in [1.29, 1.82) is 0 Å². The molecule has 0 bridgehead atoms. The molecular weight excluding hydrogens is 356 g/mol. The van der Waals surface area contributed by atoms with Crippen LogP contribution in [0.5, 0.6) is 5.88 Å². The first kappa shape index (κ1) is 20.4. The number of piperazine rings is 1. The van der Waals surface area contributed by atoms with Crippen LogP contribution in [-0.2, 0) is 11.3 Å². The van der Waals surface area contributed by atoms with Gasteiger partial charge >= 0.3 is 0 Å². The predicted molar refractivity (Wildman–Crippen MR) is 109 cm³/mol. The van der Waals surface area contributed by atoms with Crippen LogP contribution >= 0.6 is 0 Å². The molecule has 1 aromatic rings. The number of carbonyl (C=O) groups is 1. The molecule has 3 heterocycles. The summed E-state index contributed by atoms with van der Waals surface area (Å²) in [4.78, 5) is 27.8. The van der Waals surface area contributed by atoms with Crippen LogP contribution in [-0.4, -0.2) is 91.0 Å². The molecule has 8 heteroatoms. The van der Waals surface area contributed by atoms with Gasteiger partial charge in [-0.05, 0) is 31.4 Å². The zero-order valence-electron chi connectivity index (χ0n) is 17.2. The molecule has 1 unspecified atom stereocenters. The van der Waals surface area contributed by atoms with Gasteiger partial charge in [-0.15, -0.1) is 0 Å². The Bertz CT molecular complexity index is 681. The van der Waals surface area contributed by atoms with Crippen molar-refractivity contribution in [2.45, 2.75) is 32.4 Å². The number of hydrogen-bond donors (Lipinski definition) is 1. The number of rotatable bonds is 5. The van der Waals surface area contributed by atoms with Crippen LogP contribution in [0, 0.1) is 0 Å². The molecule has 0 saturated carbocycles. The van der Waals surface area contributed by atoms with Crippen LogP contribution < -0.4 is 10.1 Å². The lowest BCUT2D eigenvalue weighted by molar-refractivity contribution is -0.135. The van der Waals surface area contributed by atoms with Crippen LogP contribution in [0.1, 0.15) is 25.3 Å². The van der Waals surface area contributed by atoms with Gasteiger partial charge in [-0.3, -0.25) is 14.7 Å². The highest BCUT2D eigenvalue weighted by Gasteiger charge is 2.30. The van der Waals surface area contributed by atoms with E-state index in [-0.39, 0.29) is 11.9 Å². The Morgan fingerprint density at radius 1 is 1.21 bits per heavy atom. The molecule has 154 valence electrons. The molecule has 8 nitrogen and oxygen atoms in total. The van der Waals surface area contributed by atoms with E-state index in [1.165, 1.54) is 0 Å². The quantitative estimate of drug-likeness (QED) is 0.594. The maximum absolute atomic E-state index is 12.6. The SMILES string of the molecule is CN=C(NCc1ccnc(OC)c1)N1CCN(C(C)C(=O)N2CCCC2)CC1. The van der Waals surface area contributed by atoms with Crippen molar-refractivity contribution in [2.24, 2.45) is 4.99 Å². The molecule has 3 rings (SSSR count). The van der Waals surface area contributed by atoms with Crippen molar-refractivity contribution in [3.8, 4) is 5.88 Å². The lowest BCUT2D eigenvalue weighted by atomic mass is 10.2. The molecule has 1 amide bonds. The zero-order chi connectivity index (χ0) is 19.9. The molecule has 2 aliphatic rings. The third-order valence-electron chi connectivity index (χ3n) is 5.61. The first-order valence-corrected chi connectivity index (χ1v) is 10.1. The number of amides is 1. The van der Waals surface area contributed by atoms with Crippen LogP contribution in [0.4, 0.5) is 0 Å². The van der Waals surface area contributed by atoms with E-state index in [2.05, 4.69) is 25.1 Å². The molecule has 0 spiro atoms. The van der Waals surface area contributed by atoms with Crippen molar-refractivity contribution in [2.75, 3.05) is 53.4 Å². The monoisotopic (exact) mass is 388 g/mol. The topological polar surface area (TPSA) is 73.3 Å². The number of likely N-dealkylation sites (tertiary alicyclic amines) is 1. The standard InChI is InChI=1S/C20H32N6O2/c1-16(19(27)25-8-4-5-9-25)24-10-12-26(13-11-24)20(21-2)23-15-17-6-7-22-18(14-17)28-3/h6-7,14,16H,4-5,8-13,15H2,1-3H3,(H,21,23). The van der Waals surface area contributed by atoms with E-state index in [1.807, 2.05) is 24.0 Å². The molecule has 2 saturated heterocycles. The van der Waals surface area contributed by atoms with Crippen LogP contribution in [0.3, 0.4) is 0 Å². The number of ether oxygens (including phenoxy) is 1. The lowest BCUT2D eigenvalue weighted by Gasteiger charge is -2.39. The van der Waals surface area contributed by atoms with Crippen LogP contribution in [0.25, 0.3) is 0 Å². The van der Waals surface area contributed by atoms with Crippen molar-refractivity contribution in [3.63, 3.8) is 0 Å². The number of aliphatic imine (C=N–C) groups is 1. The summed E-state index contributed by atoms with van der Waals surface area (Å²) in [6.45, 7) is 7.98. The summed E-state index contributed by atoms with van der Waals surface area (Å²) >= 11 is 0.